The molecule has 11 heteroatoms. The average molecular weight is 500 g/mol. The Morgan fingerprint density at radius 3 is 2.74 bits per heavy atom. The van der Waals surface area contributed by atoms with Crippen molar-refractivity contribution < 1.29 is 18.7 Å². The van der Waals surface area contributed by atoms with Gasteiger partial charge in [-0.15, -0.1) is 10.2 Å². The number of rotatable bonds is 7. The van der Waals surface area contributed by atoms with E-state index in [1.54, 1.807) is 30.3 Å². The Morgan fingerprint density at radius 2 is 2.03 bits per heavy atom. The van der Waals surface area contributed by atoms with E-state index in [9.17, 15) is 14.4 Å². The van der Waals surface area contributed by atoms with Gasteiger partial charge in [-0.05, 0) is 41.5 Å². The fourth-order valence-electron chi connectivity index (χ4n) is 3.09. The summed E-state index contributed by atoms with van der Waals surface area (Å²) < 4.78 is 24.0. The molecule has 0 spiro atoms. The molecule has 1 aromatic heterocycles. The lowest BCUT2D eigenvalue weighted by Crippen LogP contribution is -2.36. The second-order valence-electron chi connectivity index (χ2n) is 7.22. The number of ether oxygens (including phenoxy) is 2. The van der Waals surface area contributed by atoms with E-state index in [2.05, 4.69) is 15.5 Å². The lowest BCUT2D eigenvalue weighted by molar-refractivity contribution is -0.112. The minimum absolute atomic E-state index is 0.112. The zero-order valence-electron chi connectivity index (χ0n) is 17.8. The zero-order chi connectivity index (χ0) is 23.9. The number of aromatic nitrogens is 2. The maximum absolute atomic E-state index is 13.0. The first-order valence-electron chi connectivity index (χ1n) is 10.3. The predicted molar refractivity (Wildman–Crippen MR) is 127 cm³/mol. The Labute approximate surface area is 204 Å². The standard InChI is InChI=1S/C23H19ClFN5O3S/c24-19-12-16(3-6-20(19)33-14-15-1-4-18(25)5-2-15)11-17(13-26)21(31)27-22-28-29-23(34-22)30-7-9-32-10-8-30/h1-6,11-12H,7-10,14H2,(H,27,28,31)/b17-11-. The number of benzene rings is 2. The van der Waals surface area contributed by atoms with E-state index in [0.717, 1.165) is 5.56 Å². The highest BCUT2D eigenvalue weighted by molar-refractivity contribution is 7.19. The van der Waals surface area contributed by atoms with Crippen LogP contribution in [0.25, 0.3) is 6.08 Å². The third-order valence-corrected chi connectivity index (χ3v) is 6.05. The van der Waals surface area contributed by atoms with Crippen LogP contribution in [0.1, 0.15) is 11.1 Å². The number of hydrogen-bond donors (Lipinski definition) is 1. The number of nitrogens with zero attached hydrogens (tertiary/aromatic N) is 4. The Balaban J connectivity index is 1.39. The summed E-state index contributed by atoms with van der Waals surface area (Å²) in [6.07, 6.45) is 1.43. The van der Waals surface area contributed by atoms with Gasteiger partial charge in [0.2, 0.25) is 10.3 Å². The molecule has 0 radical (unpaired) electrons. The van der Waals surface area contributed by atoms with Gasteiger partial charge in [0, 0.05) is 13.1 Å². The predicted octanol–water partition coefficient (Wildman–Crippen LogP) is 4.29. The number of carbonyl (C=O) groups is 1. The number of anilines is 2. The van der Waals surface area contributed by atoms with Crippen LogP contribution in [0, 0.1) is 17.1 Å². The van der Waals surface area contributed by atoms with Crippen molar-refractivity contribution in [3.63, 3.8) is 0 Å². The highest BCUT2D eigenvalue weighted by atomic mass is 35.5. The first-order chi connectivity index (χ1) is 16.5. The average Bonchev–Trinajstić information content (AvgIpc) is 3.32. The van der Waals surface area contributed by atoms with Gasteiger partial charge in [0.15, 0.2) is 0 Å². The topological polar surface area (TPSA) is 100 Å². The van der Waals surface area contributed by atoms with Crippen molar-refractivity contribution in [2.45, 2.75) is 6.61 Å². The SMILES string of the molecule is N#C/C(=C/c1ccc(OCc2ccc(F)cc2)c(Cl)c1)C(=O)Nc1nnc(N2CCOCC2)s1. The number of halogens is 2. The van der Waals surface area contributed by atoms with E-state index in [0.29, 0.717) is 52.9 Å². The third kappa shape index (κ3) is 6.08. The van der Waals surface area contributed by atoms with Crippen LogP contribution < -0.4 is 15.0 Å². The number of nitriles is 1. The molecule has 34 heavy (non-hydrogen) atoms. The molecule has 1 amide bonds. The Bertz CT molecular complexity index is 1240. The molecule has 1 N–H and O–H groups in total. The number of morpholine rings is 1. The summed E-state index contributed by atoms with van der Waals surface area (Å²) in [4.78, 5) is 14.6. The fourth-order valence-corrected chi connectivity index (χ4v) is 4.13. The van der Waals surface area contributed by atoms with Gasteiger partial charge in [-0.3, -0.25) is 10.1 Å². The molecule has 0 saturated carbocycles. The molecule has 1 fully saturated rings. The molecule has 8 nitrogen and oxygen atoms in total. The fraction of sp³-hybridized carbons (Fsp3) is 0.217. The molecule has 1 aliphatic rings. The van der Waals surface area contributed by atoms with Gasteiger partial charge in [-0.1, -0.05) is 41.1 Å². The third-order valence-electron chi connectivity index (χ3n) is 4.86. The van der Waals surface area contributed by atoms with E-state index < -0.39 is 5.91 Å². The summed E-state index contributed by atoms with van der Waals surface area (Å²) >= 11 is 7.54. The molecular formula is C23H19ClFN5O3S. The first kappa shape index (κ1) is 23.6. The quantitative estimate of drug-likeness (QED) is 0.382. The number of nitrogens with one attached hydrogen (secondary N) is 1. The molecule has 0 unspecified atom stereocenters. The minimum atomic E-state index is -0.597. The number of carbonyl (C=O) groups excluding carboxylic acids is 1. The van der Waals surface area contributed by atoms with Crippen molar-refractivity contribution in [2.24, 2.45) is 0 Å². The van der Waals surface area contributed by atoms with E-state index in [1.807, 2.05) is 11.0 Å². The summed E-state index contributed by atoms with van der Waals surface area (Å²) in [5, 5.41) is 21.5. The lowest BCUT2D eigenvalue weighted by atomic mass is 10.1. The van der Waals surface area contributed by atoms with Crippen LogP contribution in [0.4, 0.5) is 14.7 Å². The maximum Gasteiger partial charge on any atom is 0.268 e. The molecule has 2 aromatic carbocycles. The van der Waals surface area contributed by atoms with Crippen molar-refractivity contribution in [1.29, 1.82) is 5.26 Å². The second-order valence-corrected chi connectivity index (χ2v) is 8.58. The number of amides is 1. The highest BCUT2D eigenvalue weighted by Crippen LogP contribution is 2.28. The van der Waals surface area contributed by atoms with Gasteiger partial charge < -0.3 is 14.4 Å². The van der Waals surface area contributed by atoms with E-state index in [4.69, 9.17) is 21.1 Å². The molecular weight excluding hydrogens is 481 g/mol. The Hall–Kier alpha value is -3.52. The van der Waals surface area contributed by atoms with E-state index in [-0.39, 0.29) is 18.0 Å². The second kappa shape index (κ2) is 11.1. The van der Waals surface area contributed by atoms with Crippen molar-refractivity contribution in [3.05, 3.63) is 70.0 Å². The van der Waals surface area contributed by atoms with Crippen LogP contribution in [-0.4, -0.2) is 42.4 Å². The zero-order valence-corrected chi connectivity index (χ0v) is 19.4. The van der Waals surface area contributed by atoms with Crippen LogP contribution >= 0.6 is 22.9 Å². The van der Waals surface area contributed by atoms with E-state index >= 15 is 0 Å². The van der Waals surface area contributed by atoms with Gasteiger partial charge in [0.25, 0.3) is 5.91 Å². The minimum Gasteiger partial charge on any atom is -0.487 e. The molecule has 0 atom stereocenters. The lowest BCUT2D eigenvalue weighted by Gasteiger charge is -2.25. The molecule has 3 aromatic rings. The van der Waals surface area contributed by atoms with E-state index in [1.165, 1.54) is 29.5 Å². The molecule has 1 aliphatic heterocycles. The normalized spacial score (nSPS) is 13.9. The largest absolute Gasteiger partial charge is 0.487 e. The monoisotopic (exact) mass is 499 g/mol. The highest BCUT2D eigenvalue weighted by Gasteiger charge is 2.18. The molecule has 2 heterocycles. The molecule has 0 aliphatic carbocycles. The molecule has 4 rings (SSSR count). The van der Waals surface area contributed by atoms with Crippen LogP contribution in [0.2, 0.25) is 5.02 Å². The molecule has 1 saturated heterocycles. The van der Waals surface area contributed by atoms with Gasteiger partial charge in [-0.25, -0.2) is 4.39 Å². The maximum atomic E-state index is 13.0. The van der Waals surface area contributed by atoms with Crippen LogP contribution in [0.5, 0.6) is 5.75 Å². The first-order valence-corrected chi connectivity index (χ1v) is 11.5. The summed E-state index contributed by atoms with van der Waals surface area (Å²) in [6.45, 7) is 2.85. The van der Waals surface area contributed by atoms with Crippen molar-refractivity contribution in [1.82, 2.24) is 10.2 Å². The van der Waals surface area contributed by atoms with Gasteiger partial charge >= 0.3 is 0 Å². The van der Waals surface area contributed by atoms with Crippen molar-refractivity contribution in [3.8, 4) is 11.8 Å². The van der Waals surface area contributed by atoms with Crippen LogP contribution in [0.15, 0.2) is 48.0 Å². The Morgan fingerprint density at radius 1 is 1.26 bits per heavy atom. The van der Waals surface area contributed by atoms with Gasteiger partial charge in [0.05, 0.1) is 18.2 Å². The number of hydrogen-bond acceptors (Lipinski definition) is 8. The summed E-state index contributed by atoms with van der Waals surface area (Å²) in [5.41, 5.74) is 1.23. The Kier molecular flexibility index (Phi) is 7.69. The van der Waals surface area contributed by atoms with Crippen molar-refractivity contribution in [2.75, 3.05) is 36.5 Å². The van der Waals surface area contributed by atoms with Gasteiger partial charge in [0.1, 0.15) is 29.8 Å². The molecule has 0 bridgehead atoms. The van der Waals surface area contributed by atoms with Gasteiger partial charge in [-0.2, -0.15) is 5.26 Å². The van der Waals surface area contributed by atoms with Crippen LogP contribution in [-0.2, 0) is 16.1 Å². The summed E-state index contributed by atoms with van der Waals surface area (Å²) in [6, 6.07) is 12.8. The van der Waals surface area contributed by atoms with Crippen LogP contribution in [0.3, 0.4) is 0 Å². The summed E-state index contributed by atoms with van der Waals surface area (Å²) in [5.74, 6) is -0.491. The summed E-state index contributed by atoms with van der Waals surface area (Å²) in [7, 11) is 0. The molecule has 174 valence electrons. The van der Waals surface area contributed by atoms with Crippen molar-refractivity contribution >= 4 is 45.2 Å². The smallest absolute Gasteiger partial charge is 0.268 e.